The molecule has 1 heterocycles. The average Bonchev–Trinajstić information content (AvgIpc) is 2.68. The van der Waals surface area contributed by atoms with Crippen LogP contribution >= 0.6 is 12.2 Å². The van der Waals surface area contributed by atoms with Crippen LogP contribution in [0.5, 0.6) is 0 Å². The molecule has 4 nitrogen and oxygen atoms in total. The van der Waals surface area contributed by atoms with E-state index in [0.29, 0.717) is 5.11 Å². The van der Waals surface area contributed by atoms with Crippen molar-refractivity contribution < 1.29 is 0 Å². The summed E-state index contributed by atoms with van der Waals surface area (Å²) in [4.78, 5) is 0. The van der Waals surface area contributed by atoms with E-state index in [1.54, 1.807) is 0 Å². The highest BCUT2D eigenvalue weighted by atomic mass is 32.1. The maximum absolute atomic E-state index is 5.24. The molecule has 2 rings (SSSR count). The van der Waals surface area contributed by atoms with E-state index in [9.17, 15) is 0 Å². The van der Waals surface area contributed by atoms with Crippen LogP contribution in [0.4, 0.5) is 11.5 Å². The number of aromatic amines is 1. The van der Waals surface area contributed by atoms with Gasteiger partial charge in [-0.3, -0.25) is 5.10 Å². The third-order valence-electron chi connectivity index (χ3n) is 2.58. The van der Waals surface area contributed by atoms with Crippen LogP contribution in [0.3, 0.4) is 0 Å². The maximum atomic E-state index is 5.24. The van der Waals surface area contributed by atoms with Gasteiger partial charge in [-0.25, -0.2) is 0 Å². The molecule has 2 aromatic rings. The van der Waals surface area contributed by atoms with Gasteiger partial charge in [-0.15, -0.1) is 0 Å². The van der Waals surface area contributed by atoms with Gasteiger partial charge in [0.2, 0.25) is 0 Å². The van der Waals surface area contributed by atoms with Gasteiger partial charge in [-0.2, -0.15) is 5.10 Å². The highest BCUT2D eigenvalue weighted by Gasteiger charge is 2.03. The third-order valence-corrected chi connectivity index (χ3v) is 2.78. The van der Waals surface area contributed by atoms with E-state index < -0.39 is 0 Å². The fraction of sp³-hybridized carbons (Fsp3) is 0.231. The molecule has 0 aliphatic heterocycles. The van der Waals surface area contributed by atoms with Crippen LogP contribution < -0.4 is 10.6 Å². The molecular weight excluding hydrogens is 244 g/mol. The number of aryl methyl sites for hydroxylation is 3. The lowest BCUT2D eigenvalue weighted by Gasteiger charge is -2.11. The molecule has 5 heteroatoms. The Bertz CT molecular complexity index is 574. The Hall–Kier alpha value is -1.88. The van der Waals surface area contributed by atoms with E-state index in [2.05, 4.69) is 46.8 Å². The van der Waals surface area contributed by atoms with Gasteiger partial charge in [0.05, 0.1) is 0 Å². The summed E-state index contributed by atoms with van der Waals surface area (Å²) in [5, 5.41) is 13.7. The Kier molecular flexibility index (Phi) is 3.62. The number of hydrogen-bond acceptors (Lipinski definition) is 2. The van der Waals surface area contributed by atoms with Crippen molar-refractivity contribution in [3.8, 4) is 0 Å². The van der Waals surface area contributed by atoms with Crippen LogP contribution in [0, 0.1) is 20.8 Å². The zero-order valence-electron chi connectivity index (χ0n) is 10.7. The number of aromatic nitrogens is 2. The second-order valence-corrected chi connectivity index (χ2v) is 4.74. The van der Waals surface area contributed by atoms with E-state index in [1.165, 1.54) is 5.56 Å². The van der Waals surface area contributed by atoms with Crippen LogP contribution in [0.15, 0.2) is 24.3 Å². The molecule has 0 bridgehead atoms. The molecule has 0 spiro atoms. The number of nitrogens with one attached hydrogen (secondary N) is 3. The van der Waals surface area contributed by atoms with Crippen molar-refractivity contribution >= 4 is 28.8 Å². The van der Waals surface area contributed by atoms with Gasteiger partial charge in [-0.05, 0) is 44.6 Å². The summed E-state index contributed by atoms with van der Waals surface area (Å²) < 4.78 is 0. The zero-order valence-corrected chi connectivity index (χ0v) is 11.5. The molecule has 0 aliphatic carbocycles. The fourth-order valence-electron chi connectivity index (χ4n) is 1.71. The molecule has 1 aromatic carbocycles. The number of nitrogens with zero attached hydrogens (tertiary/aromatic N) is 1. The van der Waals surface area contributed by atoms with Gasteiger partial charge in [0.25, 0.3) is 0 Å². The normalized spacial score (nSPS) is 10.2. The first kappa shape index (κ1) is 12.6. The van der Waals surface area contributed by atoms with Crippen molar-refractivity contribution in [3.05, 3.63) is 41.1 Å². The molecule has 0 fully saturated rings. The lowest BCUT2D eigenvalue weighted by molar-refractivity contribution is 1.05. The number of hydrogen-bond donors (Lipinski definition) is 3. The van der Waals surface area contributed by atoms with E-state index in [-0.39, 0.29) is 0 Å². The molecule has 18 heavy (non-hydrogen) atoms. The van der Waals surface area contributed by atoms with E-state index >= 15 is 0 Å². The summed E-state index contributed by atoms with van der Waals surface area (Å²) in [7, 11) is 0. The van der Waals surface area contributed by atoms with Crippen LogP contribution in [-0.2, 0) is 0 Å². The van der Waals surface area contributed by atoms with E-state index in [1.807, 2.05) is 19.1 Å². The Balaban J connectivity index is 2.03. The van der Waals surface area contributed by atoms with E-state index in [4.69, 9.17) is 12.2 Å². The molecule has 0 aliphatic rings. The summed E-state index contributed by atoms with van der Waals surface area (Å²) in [5.41, 5.74) is 4.40. The summed E-state index contributed by atoms with van der Waals surface area (Å²) >= 11 is 5.24. The van der Waals surface area contributed by atoms with Gasteiger partial charge in [0, 0.05) is 17.4 Å². The van der Waals surface area contributed by atoms with Crippen molar-refractivity contribution in [2.75, 3.05) is 10.6 Å². The zero-order chi connectivity index (χ0) is 13.1. The SMILES string of the molecule is Cc1ccc(NC(=S)Nc2cc(C)[nH]n2)c(C)c1. The lowest BCUT2D eigenvalue weighted by Crippen LogP contribution is -2.19. The Morgan fingerprint density at radius 3 is 2.56 bits per heavy atom. The Morgan fingerprint density at radius 2 is 1.94 bits per heavy atom. The fourth-order valence-corrected chi connectivity index (χ4v) is 1.92. The minimum absolute atomic E-state index is 0.536. The van der Waals surface area contributed by atoms with Gasteiger partial charge in [0.15, 0.2) is 10.9 Å². The predicted molar refractivity (Wildman–Crippen MR) is 79.1 cm³/mol. The minimum atomic E-state index is 0.536. The highest BCUT2D eigenvalue weighted by molar-refractivity contribution is 7.80. The number of H-pyrrole nitrogens is 1. The smallest absolute Gasteiger partial charge is 0.176 e. The number of anilines is 2. The molecule has 1 aromatic heterocycles. The van der Waals surface area contributed by atoms with Crippen molar-refractivity contribution in [1.29, 1.82) is 0 Å². The first-order chi connectivity index (χ1) is 8.54. The lowest BCUT2D eigenvalue weighted by atomic mass is 10.1. The van der Waals surface area contributed by atoms with Crippen molar-refractivity contribution in [3.63, 3.8) is 0 Å². The summed E-state index contributed by atoms with van der Waals surface area (Å²) in [6.45, 7) is 6.06. The summed E-state index contributed by atoms with van der Waals surface area (Å²) in [6.07, 6.45) is 0. The summed E-state index contributed by atoms with van der Waals surface area (Å²) in [5.74, 6) is 0.717. The van der Waals surface area contributed by atoms with Crippen LogP contribution in [0.1, 0.15) is 16.8 Å². The number of rotatable bonds is 2. The monoisotopic (exact) mass is 260 g/mol. The first-order valence-electron chi connectivity index (χ1n) is 5.72. The highest BCUT2D eigenvalue weighted by Crippen LogP contribution is 2.16. The molecule has 3 N–H and O–H groups in total. The average molecular weight is 260 g/mol. The van der Waals surface area contributed by atoms with Gasteiger partial charge < -0.3 is 10.6 Å². The van der Waals surface area contributed by atoms with Crippen molar-refractivity contribution in [2.45, 2.75) is 20.8 Å². The minimum Gasteiger partial charge on any atom is -0.332 e. The van der Waals surface area contributed by atoms with E-state index in [0.717, 1.165) is 22.8 Å². The molecule has 0 unspecified atom stereocenters. The predicted octanol–water partition coefficient (Wildman–Crippen LogP) is 3.14. The van der Waals surface area contributed by atoms with Gasteiger partial charge in [-0.1, -0.05) is 17.7 Å². The Morgan fingerprint density at radius 1 is 1.17 bits per heavy atom. The molecule has 0 radical (unpaired) electrons. The standard InChI is InChI=1S/C13H16N4S/c1-8-4-5-11(9(2)6-8)14-13(18)15-12-7-10(3)16-17-12/h4-7H,1-3H3,(H3,14,15,16,17,18). The topological polar surface area (TPSA) is 52.7 Å². The van der Waals surface area contributed by atoms with Crippen LogP contribution in [-0.4, -0.2) is 15.3 Å². The maximum Gasteiger partial charge on any atom is 0.176 e. The number of benzene rings is 1. The first-order valence-corrected chi connectivity index (χ1v) is 6.12. The largest absolute Gasteiger partial charge is 0.332 e. The van der Waals surface area contributed by atoms with Crippen LogP contribution in [0.25, 0.3) is 0 Å². The van der Waals surface area contributed by atoms with Gasteiger partial charge >= 0.3 is 0 Å². The molecule has 0 saturated heterocycles. The summed E-state index contributed by atoms with van der Waals surface area (Å²) in [6, 6.07) is 8.09. The van der Waals surface area contributed by atoms with Crippen molar-refractivity contribution in [1.82, 2.24) is 10.2 Å². The van der Waals surface area contributed by atoms with Gasteiger partial charge in [0.1, 0.15) is 0 Å². The van der Waals surface area contributed by atoms with Crippen LogP contribution in [0.2, 0.25) is 0 Å². The molecular formula is C13H16N4S. The quantitative estimate of drug-likeness (QED) is 0.726. The molecule has 0 atom stereocenters. The molecule has 0 saturated carbocycles. The molecule has 0 amide bonds. The third kappa shape index (κ3) is 3.07. The Labute approximate surface area is 112 Å². The molecule has 94 valence electrons. The second-order valence-electron chi connectivity index (χ2n) is 4.33. The second kappa shape index (κ2) is 5.18. The number of thiocarbonyl (C=S) groups is 1. The van der Waals surface area contributed by atoms with Crippen molar-refractivity contribution in [2.24, 2.45) is 0 Å².